The summed E-state index contributed by atoms with van der Waals surface area (Å²) in [7, 11) is -3.08. The minimum Gasteiger partial charge on any atom is -0.357 e. The lowest BCUT2D eigenvalue weighted by atomic mass is 9.95. The van der Waals surface area contributed by atoms with Crippen molar-refractivity contribution < 1.29 is 13.2 Å². The lowest BCUT2D eigenvalue weighted by molar-refractivity contribution is -0.121. The van der Waals surface area contributed by atoms with Crippen LogP contribution >= 0.6 is 24.0 Å². The van der Waals surface area contributed by atoms with Crippen LogP contribution in [-0.4, -0.2) is 67.9 Å². The molecule has 0 aromatic heterocycles. The van der Waals surface area contributed by atoms with E-state index in [0.29, 0.717) is 44.6 Å². The number of aliphatic imine (C=N–C) groups is 1. The average Bonchev–Trinajstić information content (AvgIpc) is 2.57. The Balaban J connectivity index is 0.00000364. The molecule has 0 spiro atoms. The zero-order chi connectivity index (χ0) is 19.2. The standard InChI is InChI=1S/C18H34N4O3S.HI/c1-4-19-17(22-12-13-26(24,25)18(2,3)14-22)20-11-10-16(23)21-15-8-6-5-7-9-15;/h15H,4-14H2,1-3H3,(H,19,20)(H,21,23);1H. The van der Waals surface area contributed by atoms with Crippen molar-refractivity contribution >= 4 is 45.7 Å². The summed E-state index contributed by atoms with van der Waals surface area (Å²) in [6, 6.07) is 0.321. The smallest absolute Gasteiger partial charge is 0.222 e. The molecule has 0 radical (unpaired) electrons. The number of rotatable bonds is 5. The molecule has 0 atom stereocenters. The summed E-state index contributed by atoms with van der Waals surface area (Å²) in [6.45, 7) is 7.46. The third kappa shape index (κ3) is 7.07. The molecule has 0 aromatic carbocycles. The molecule has 0 bridgehead atoms. The molecule has 27 heavy (non-hydrogen) atoms. The summed E-state index contributed by atoms with van der Waals surface area (Å²) in [5.41, 5.74) is 0. The summed E-state index contributed by atoms with van der Waals surface area (Å²) >= 11 is 0. The van der Waals surface area contributed by atoms with Crippen molar-refractivity contribution in [2.24, 2.45) is 4.99 Å². The van der Waals surface area contributed by atoms with E-state index < -0.39 is 14.6 Å². The van der Waals surface area contributed by atoms with Gasteiger partial charge in [-0.2, -0.15) is 0 Å². The normalized spacial score (nSPS) is 22.6. The molecule has 0 aromatic rings. The van der Waals surface area contributed by atoms with E-state index in [1.165, 1.54) is 19.3 Å². The highest BCUT2D eigenvalue weighted by Crippen LogP contribution is 2.23. The third-order valence-electron chi connectivity index (χ3n) is 5.25. The Bertz CT molecular complexity index is 616. The summed E-state index contributed by atoms with van der Waals surface area (Å²) < 4.78 is 23.6. The predicted molar refractivity (Wildman–Crippen MR) is 120 cm³/mol. The minimum atomic E-state index is -3.08. The number of nitrogens with zero attached hydrogens (tertiary/aromatic N) is 2. The Morgan fingerprint density at radius 1 is 1.22 bits per heavy atom. The molecule has 2 aliphatic rings. The Morgan fingerprint density at radius 3 is 2.48 bits per heavy atom. The van der Waals surface area contributed by atoms with Gasteiger partial charge < -0.3 is 15.5 Å². The molecular formula is C18H35IN4O3S. The first-order chi connectivity index (χ1) is 12.2. The maximum absolute atomic E-state index is 12.2. The van der Waals surface area contributed by atoms with E-state index in [0.717, 1.165) is 12.8 Å². The number of carbonyl (C=O) groups excluding carboxylic acids is 1. The van der Waals surface area contributed by atoms with E-state index in [1.54, 1.807) is 13.8 Å². The number of hydrogen-bond acceptors (Lipinski definition) is 4. The Labute approximate surface area is 181 Å². The van der Waals surface area contributed by atoms with Gasteiger partial charge in [0.15, 0.2) is 15.8 Å². The predicted octanol–water partition coefficient (Wildman–Crippen LogP) is 1.92. The number of guanidine groups is 1. The van der Waals surface area contributed by atoms with E-state index in [-0.39, 0.29) is 35.6 Å². The number of amides is 1. The first-order valence-electron chi connectivity index (χ1n) is 9.80. The van der Waals surface area contributed by atoms with Crippen LogP contribution in [0.25, 0.3) is 0 Å². The first kappa shape index (κ1) is 24.5. The van der Waals surface area contributed by atoms with Crippen LogP contribution < -0.4 is 10.6 Å². The van der Waals surface area contributed by atoms with Crippen molar-refractivity contribution in [2.45, 2.75) is 70.1 Å². The minimum absolute atomic E-state index is 0. The van der Waals surface area contributed by atoms with Gasteiger partial charge in [0, 0.05) is 32.1 Å². The molecule has 1 amide bonds. The molecule has 1 saturated heterocycles. The zero-order valence-corrected chi connectivity index (χ0v) is 19.9. The molecule has 158 valence electrons. The molecule has 1 aliphatic heterocycles. The summed E-state index contributed by atoms with van der Waals surface area (Å²) in [5.74, 6) is 0.881. The van der Waals surface area contributed by atoms with Crippen LogP contribution in [0.3, 0.4) is 0 Å². The number of sulfone groups is 1. The van der Waals surface area contributed by atoms with Gasteiger partial charge in [-0.1, -0.05) is 19.3 Å². The van der Waals surface area contributed by atoms with Gasteiger partial charge in [-0.25, -0.2) is 8.42 Å². The van der Waals surface area contributed by atoms with Crippen molar-refractivity contribution in [3.63, 3.8) is 0 Å². The summed E-state index contributed by atoms with van der Waals surface area (Å²) in [6.07, 6.45) is 6.18. The molecule has 2 fully saturated rings. The summed E-state index contributed by atoms with van der Waals surface area (Å²) in [4.78, 5) is 18.7. The van der Waals surface area contributed by atoms with Gasteiger partial charge in [0.1, 0.15) is 0 Å². The highest BCUT2D eigenvalue weighted by molar-refractivity contribution is 14.0. The van der Waals surface area contributed by atoms with Crippen molar-refractivity contribution in [2.75, 3.05) is 31.9 Å². The van der Waals surface area contributed by atoms with Gasteiger partial charge in [0.05, 0.1) is 17.0 Å². The second kappa shape index (κ2) is 10.8. The quantitative estimate of drug-likeness (QED) is 0.333. The fourth-order valence-corrected chi connectivity index (χ4v) is 4.93. The number of hydrogen-bond donors (Lipinski definition) is 2. The van der Waals surface area contributed by atoms with Crippen LogP contribution in [0.4, 0.5) is 0 Å². The Kier molecular flexibility index (Phi) is 9.81. The van der Waals surface area contributed by atoms with Gasteiger partial charge in [0.2, 0.25) is 5.91 Å². The van der Waals surface area contributed by atoms with Crippen molar-refractivity contribution in [1.29, 1.82) is 0 Å². The molecule has 1 saturated carbocycles. The molecular weight excluding hydrogens is 479 g/mol. The molecule has 9 heteroatoms. The van der Waals surface area contributed by atoms with E-state index in [2.05, 4.69) is 15.6 Å². The van der Waals surface area contributed by atoms with E-state index >= 15 is 0 Å². The maximum Gasteiger partial charge on any atom is 0.222 e. The molecule has 0 unspecified atom stereocenters. The molecule has 2 N–H and O–H groups in total. The number of halogens is 1. The Hall–Kier alpha value is -0.580. The van der Waals surface area contributed by atoms with Gasteiger partial charge in [0.25, 0.3) is 0 Å². The average molecular weight is 514 g/mol. The fourth-order valence-electron chi connectivity index (χ4n) is 3.56. The second-order valence-corrected chi connectivity index (χ2v) is 10.6. The monoisotopic (exact) mass is 514 g/mol. The number of nitrogens with one attached hydrogen (secondary N) is 2. The van der Waals surface area contributed by atoms with E-state index in [4.69, 9.17) is 0 Å². The lowest BCUT2D eigenvalue weighted by Crippen LogP contribution is -2.57. The topological polar surface area (TPSA) is 90.9 Å². The van der Waals surface area contributed by atoms with Gasteiger partial charge >= 0.3 is 0 Å². The summed E-state index contributed by atoms with van der Waals surface area (Å²) in [5, 5.41) is 6.33. The second-order valence-electron chi connectivity index (χ2n) is 7.89. The van der Waals surface area contributed by atoms with Crippen LogP contribution in [0.1, 0.15) is 59.3 Å². The largest absolute Gasteiger partial charge is 0.357 e. The molecule has 2 rings (SSSR count). The molecule has 7 nitrogen and oxygen atoms in total. The van der Waals surface area contributed by atoms with Crippen LogP contribution in [0.5, 0.6) is 0 Å². The van der Waals surface area contributed by atoms with E-state index in [1.807, 2.05) is 11.8 Å². The van der Waals surface area contributed by atoms with Crippen LogP contribution in [0.15, 0.2) is 4.99 Å². The maximum atomic E-state index is 12.2. The fraction of sp³-hybridized carbons (Fsp3) is 0.889. The zero-order valence-electron chi connectivity index (χ0n) is 16.8. The molecule has 1 heterocycles. The van der Waals surface area contributed by atoms with Gasteiger partial charge in [-0.15, -0.1) is 24.0 Å². The highest BCUT2D eigenvalue weighted by Gasteiger charge is 2.40. The van der Waals surface area contributed by atoms with Crippen molar-refractivity contribution in [3.8, 4) is 0 Å². The van der Waals surface area contributed by atoms with Gasteiger partial charge in [-0.3, -0.25) is 9.79 Å². The highest BCUT2D eigenvalue weighted by atomic mass is 127. The lowest BCUT2D eigenvalue weighted by Gasteiger charge is -2.39. The molecule has 1 aliphatic carbocycles. The van der Waals surface area contributed by atoms with Crippen molar-refractivity contribution in [1.82, 2.24) is 15.5 Å². The van der Waals surface area contributed by atoms with Crippen LogP contribution in [0.2, 0.25) is 0 Å². The van der Waals surface area contributed by atoms with Crippen LogP contribution in [-0.2, 0) is 14.6 Å². The van der Waals surface area contributed by atoms with E-state index in [9.17, 15) is 13.2 Å². The van der Waals surface area contributed by atoms with Crippen molar-refractivity contribution in [3.05, 3.63) is 0 Å². The first-order valence-corrected chi connectivity index (χ1v) is 11.5. The number of carbonyl (C=O) groups is 1. The Morgan fingerprint density at radius 2 is 1.89 bits per heavy atom. The SMILES string of the molecule is CCNC(=NCCC(=O)NC1CCCCC1)N1CCS(=O)(=O)C(C)(C)C1.I. The van der Waals surface area contributed by atoms with Crippen LogP contribution in [0, 0.1) is 0 Å². The third-order valence-corrected chi connectivity index (χ3v) is 7.78. The van der Waals surface area contributed by atoms with Gasteiger partial charge in [-0.05, 0) is 33.6 Å².